The van der Waals surface area contributed by atoms with E-state index >= 15 is 0 Å². The number of nitrogens with zero attached hydrogens (tertiary/aromatic N) is 2. The van der Waals surface area contributed by atoms with Crippen LogP contribution in [0, 0.1) is 19.7 Å². The minimum absolute atomic E-state index is 0.0970. The summed E-state index contributed by atoms with van der Waals surface area (Å²) in [5.41, 5.74) is 3.57. The lowest BCUT2D eigenvalue weighted by Crippen LogP contribution is -2.43. The van der Waals surface area contributed by atoms with E-state index in [1.54, 1.807) is 23.5 Å². The van der Waals surface area contributed by atoms with E-state index in [-0.39, 0.29) is 17.8 Å². The molecule has 1 aliphatic heterocycles. The van der Waals surface area contributed by atoms with E-state index in [2.05, 4.69) is 26.2 Å². The first-order valence-electron chi connectivity index (χ1n) is 10.6. The van der Waals surface area contributed by atoms with Gasteiger partial charge in [0.1, 0.15) is 5.82 Å². The molecular weight excluding hydrogens is 413 g/mol. The molecule has 2 aromatic heterocycles. The van der Waals surface area contributed by atoms with Crippen molar-refractivity contribution >= 4 is 17.2 Å². The molecule has 3 aromatic rings. The summed E-state index contributed by atoms with van der Waals surface area (Å²) >= 11 is 1.71. The van der Waals surface area contributed by atoms with Crippen molar-refractivity contribution in [3.8, 4) is 0 Å². The monoisotopic (exact) mass is 441 g/mol. The maximum Gasteiger partial charge on any atom is 0.253 e. The summed E-state index contributed by atoms with van der Waals surface area (Å²) in [5, 5.41) is 5.16. The molecule has 1 unspecified atom stereocenters. The second-order valence-electron chi connectivity index (χ2n) is 7.88. The van der Waals surface area contributed by atoms with Gasteiger partial charge in [-0.1, -0.05) is 18.2 Å². The predicted octanol–water partition coefficient (Wildman–Crippen LogP) is 4.16. The summed E-state index contributed by atoms with van der Waals surface area (Å²) in [5.74, 6) is -0.362. The molecule has 1 aliphatic rings. The lowest BCUT2D eigenvalue weighted by atomic mass is 10.0. The fourth-order valence-electron chi connectivity index (χ4n) is 4.18. The molecule has 1 N–H and O–H groups in total. The number of amides is 1. The molecule has 0 saturated carbocycles. The number of rotatable bonds is 7. The number of aryl methyl sites for hydroxylation is 1. The number of ether oxygens (including phenoxy) is 1. The number of thiophene rings is 1. The number of carbonyl (C=O) groups is 1. The van der Waals surface area contributed by atoms with Crippen LogP contribution in [0.3, 0.4) is 0 Å². The molecule has 1 amide bonds. The number of aromatic nitrogens is 1. The molecule has 1 saturated heterocycles. The van der Waals surface area contributed by atoms with Gasteiger partial charge in [-0.15, -0.1) is 11.3 Å². The number of morpholine rings is 1. The molecule has 164 valence electrons. The van der Waals surface area contributed by atoms with Crippen LogP contribution in [0.1, 0.15) is 38.2 Å². The Bertz CT molecular complexity index is 1030. The highest BCUT2D eigenvalue weighted by atomic mass is 32.1. The highest BCUT2D eigenvalue weighted by molar-refractivity contribution is 7.09. The Kier molecular flexibility index (Phi) is 6.85. The quantitative estimate of drug-likeness (QED) is 0.599. The van der Waals surface area contributed by atoms with Crippen LogP contribution in [-0.4, -0.2) is 48.2 Å². The van der Waals surface area contributed by atoms with E-state index in [4.69, 9.17) is 4.74 Å². The van der Waals surface area contributed by atoms with E-state index < -0.39 is 0 Å². The molecule has 0 aliphatic carbocycles. The predicted molar refractivity (Wildman–Crippen MR) is 121 cm³/mol. The third-order valence-electron chi connectivity index (χ3n) is 5.89. The topological polar surface area (TPSA) is 46.5 Å². The van der Waals surface area contributed by atoms with Crippen LogP contribution in [0.25, 0.3) is 0 Å². The molecule has 7 heteroatoms. The van der Waals surface area contributed by atoms with Gasteiger partial charge in [0.15, 0.2) is 0 Å². The van der Waals surface area contributed by atoms with Crippen LogP contribution in [-0.2, 0) is 11.3 Å². The molecule has 5 nitrogen and oxygen atoms in total. The fourth-order valence-corrected chi connectivity index (χ4v) is 4.87. The van der Waals surface area contributed by atoms with Gasteiger partial charge < -0.3 is 14.6 Å². The summed E-state index contributed by atoms with van der Waals surface area (Å²) in [6, 6.07) is 12.6. The SMILES string of the molecule is Cc1cc(C(=O)NCC(c2cccc(F)c2)N2CCOCC2)c(C)n1Cc1cccs1. The van der Waals surface area contributed by atoms with Gasteiger partial charge in [0.25, 0.3) is 5.91 Å². The molecule has 4 rings (SSSR count). The molecule has 0 bridgehead atoms. The van der Waals surface area contributed by atoms with Crippen molar-refractivity contribution in [2.75, 3.05) is 32.8 Å². The summed E-state index contributed by atoms with van der Waals surface area (Å²) in [7, 11) is 0. The zero-order valence-electron chi connectivity index (χ0n) is 17.9. The first-order chi connectivity index (χ1) is 15.0. The molecule has 1 fully saturated rings. The normalized spacial score (nSPS) is 15.7. The Morgan fingerprint density at radius 1 is 1.19 bits per heavy atom. The summed E-state index contributed by atoms with van der Waals surface area (Å²) in [4.78, 5) is 16.6. The third kappa shape index (κ3) is 5.06. The van der Waals surface area contributed by atoms with Crippen molar-refractivity contribution in [3.05, 3.63) is 81.1 Å². The highest BCUT2D eigenvalue weighted by Gasteiger charge is 2.24. The lowest BCUT2D eigenvalue weighted by molar-refractivity contribution is 0.0162. The Labute approximate surface area is 186 Å². The second kappa shape index (κ2) is 9.77. The second-order valence-corrected chi connectivity index (χ2v) is 8.91. The standard InChI is InChI=1S/C24H28FN3O2S/c1-17-13-22(18(2)28(17)16-21-7-4-12-31-21)24(29)26-15-23(27-8-10-30-11-9-27)19-5-3-6-20(25)14-19/h3-7,12-14,23H,8-11,15-16H2,1-2H3,(H,26,29). The average molecular weight is 442 g/mol. The summed E-state index contributed by atoms with van der Waals surface area (Å²) in [6.45, 7) is 7.99. The molecule has 31 heavy (non-hydrogen) atoms. The fraction of sp³-hybridized carbons (Fsp3) is 0.375. The van der Waals surface area contributed by atoms with Crippen molar-refractivity contribution < 1.29 is 13.9 Å². The van der Waals surface area contributed by atoms with Crippen molar-refractivity contribution in [3.63, 3.8) is 0 Å². The lowest BCUT2D eigenvalue weighted by Gasteiger charge is -2.35. The number of hydrogen-bond acceptors (Lipinski definition) is 4. The van der Waals surface area contributed by atoms with Gasteiger partial charge in [0.05, 0.1) is 31.4 Å². The Hall–Kier alpha value is -2.48. The van der Waals surface area contributed by atoms with Gasteiger partial charge in [0, 0.05) is 35.9 Å². The average Bonchev–Trinajstić information content (AvgIpc) is 3.38. The van der Waals surface area contributed by atoms with Gasteiger partial charge >= 0.3 is 0 Å². The van der Waals surface area contributed by atoms with E-state index in [0.717, 1.165) is 36.6 Å². The number of carbonyl (C=O) groups excluding carboxylic acids is 1. The molecule has 3 heterocycles. The largest absolute Gasteiger partial charge is 0.379 e. The van der Waals surface area contributed by atoms with Crippen LogP contribution in [0.15, 0.2) is 47.8 Å². The number of hydrogen-bond donors (Lipinski definition) is 1. The summed E-state index contributed by atoms with van der Waals surface area (Å²) in [6.07, 6.45) is 0. The van der Waals surface area contributed by atoms with E-state index in [1.165, 1.54) is 10.9 Å². The first kappa shape index (κ1) is 21.7. The van der Waals surface area contributed by atoms with Gasteiger partial charge in [0.2, 0.25) is 0 Å². The van der Waals surface area contributed by atoms with Crippen molar-refractivity contribution in [1.29, 1.82) is 0 Å². The molecular formula is C24H28FN3O2S. The maximum absolute atomic E-state index is 13.9. The van der Waals surface area contributed by atoms with E-state index in [9.17, 15) is 9.18 Å². The van der Waals surface area contributed by atoms with Gasteiger partial charge in [-0.2, -0.15) is 0 Å². The first-order valence-corrected chi connectivity index (χ1v) is 11.5. The summed E-state index contributed by atoms with van der Waals surface area (Å²) < 4.78 is 21.5. The molecule has 0 spiro atoms. The van der Waals surface area contributed by atoms with Crippen molar-refractivity contribution in [2.24, 2.45) is 0 Å². The number of nitrogens with one attached hydrogen (secondary N) is 1. The maximum atomic E-state index is 13.9. The zero-order chi connectivity index (χ0) is 21.8. The third-order valence-corrected chi connectivity index (χ3v) is 6.75. The Morgan fingerprint density at radius 2 is 2.00 bits per heavy atom. The minimum atomic E-state index is -0.265. The number of benzene rings is 1. The Balaban J connectivity index is 1.50. The van der Waals surface area contributed by atoms with Crippen LogP contribution >= 0.6 is 11.3 Å². The van der Waals surface area contributed by atoms with Crippen LogP contribution in [0.5, 0.6) is 0 Å². The van der Waals surface area contributed by atoms with E-state index in [0.29, 0.717) is 25.3 Å². The van der Waals surface area contributed by atoms with Gasteiger partial charge in [-0.25, -0.2) is 4.39 Å². The van der Waals surface area contributed by atoms with Crippen LogP contribution in [0.4, 0.5) is 4.39 Å². The van der Waals surface area contributed by atoms with Crippen molar-refractivity contribution in [1.82, 2.24) is 14.8 Å². The number of halogens is 1. The highest BCUT2D eigenvalue weighted by Crippen LogP contribution is 2.23. The zero-order valence-corrected chi connectivity index (χ0v) is 18.8. The van der Waals surface area contributed by atoms with Crippen LogP contribution in [0.2, 0.25) is 0 Å². The van der Waals surface area contributed by atoms with Crippen LogP contribution < -0.4 is 5.32 Å². The van der Waals surface area contributed by atoms with E-state index in [1.807, 2.05) is 32.0 Å². The van der Waals surface area contributed by atoms with Gasteiger partial charge in [-0.05, 0) is 49.1 Å². The minimum Gasteiger partial charge on any atom is -0.379 e. The van der Waals surface area contributed by atoms with Gasteiger partial charge in [-0.3, -0.25) is 9.69 Å². The molecule has 1 aromatic carbocycles. The molecule has 0 radical (unpaired) electrons. The Morgan fingerprint density at radius 3 is 2.71 bits per heavy atom. The van der Waals surface area contributed by atoms with Crippen molar-refractivity contribution in [2.45, 2.75) is 26.4 Å². The smallest absolute Gasteiger partial charge is 0.253 e. The molecule has 1 atom stereocenters.